The van der Waals surface area contributed by atoms with Crippen LogP contribution < -0.4 is 4.74 Å². The van der Waals surface area contributed by atoms with Crippen molar-refractivity contribution in [1.29, 1.82) is 0 Å². The number of carbonyl (C=O) groups is 3. The number of benzene rings is 1. The molecule has 2 aliphatic heterocycles. The van der Waals surface area contributed by atoms with Gasteiger partial charge in [-0.05, 0) is 51.0 Å². The van der Waals surface area contributed by atoms with Crippen molar-refractivity contribution in [2.45, 2.75) is 38.2 Å². The van der Waals surface area contributed by atoms with E-state index in [2.05, 4.69) is 4.98 Å². The molecule has 2 fully saturated rings. The minimum absolute atomic E-state index is 0.0828. The summed E-state index contributed by atoms with van der Waals surface area (Å²) in [5.41, 5.74) is -0.612. The quantitative estimate of drug-likeness (QED) is 0.431. The second-order valence-corrected chi connectivity index (χ2v) is 11.5. The van der Waals surface area contributed by atoms with Gasteiger partial charge in [0.1, 0.15) is 11.4 Å². The number of hydrogen-bond donors (Lipinski definition) is 0. The Morgan fingerprint density at radius 3 is 2.26 bits per heavy atom. The summed E-state index contributed by atoms with van der Waals surface area (Å²) in [5, 5.41) is 3.20. The van der Waals surface area contributed by atoms with Crippen molar-refractivity contribution in [2.24, 2.45) is 0 Å². The number of para-hydroxylation sites is 1. The summed E-state index contributed by atoms with van der Waals surface area (Å²) in [4.78, 5) is 48.8. The van der Waals surface area contributed by atoms with Gasteiger partial charge in [0.15, 0.2) is 11.4 Å². The second kappa shape index (κ2) is 11.4. The van der Waals surface area contributed by atoms with Gasteiger partial charge in [0.25, 0.3) is 17.7 Å². The molecule has 0 atom stereocenters. The maximum Gasteiger partial charge on any atom is 0.289 e. The zero-order chi connectivity index (χ0) is 27.6. The Hall–Kier alpha value is -3.37. The van der Waals surface area contributed by atoms with Crippen molar-refractivity contribution in [1.82, 2.24) is 19.7 Å². The van der Waals surface area contributed by atoms with E-state index in [1.54, 1.807) is 47.9 Å². The highest BCUT2D eigenvalue weighted by atomic mass is 35.5. The molecule has 0 bridgehead atoms. The van der Waals surface area contributed by atoms with Crippen LogP contribution in [0.5, 0.6) is 5.75 Å². The second-order valence-electron chi connectivity index (χ2n) is 10.2. The van der Waals surface area contributed by atoms with Crippen LogP contribution in [0.15, 0.2) is 52.5 Å². The predicted octanol–water partition coefficient (Wildman–Crippen LogP) is 4.55. The summed E-state index contributed by atoms with van der Waals surface area (Å²) in [6.07, 6.45) is 3.01. The first-order chi connectivity index (χ1) is 18.7. The number of piperazine rings is 1. The smallest absolute Gasteiger partial charge is 0.289 e. The summed E-state index contributed by atoms with van der Waals surface area (Å²) in [6, 6.07) is 10.5. The van der Waals surface area contributed by atoms with Crippen LogP contribution in [0.1, 0.15) is 58.7 Å². The van der Waals surface area contributed by atoms with E-state index in [1.807, 2.05) is 22.4 Å². The fraction of sp³-hybridized carbons (Fsp3) is 0.429. The molecular weight excluding hydrogens is 540 g/mol. The Balaban J connectivity index is 1.12. The third kappa shape index (κ3) is 5.96. The average Bonchev–Trinajstić information content (AvgIpc) is 3.66. The van der Waals surface area contributed by atoms with Gasteiger partial charge < -0.3 is 23.9 Å². The van der Waals surface area contributed by atoms with E-state index in [0.717, 1.165) is 17.8 Å². The zero-order valence-electron chi connectivity index (χ0n) is 22.0. The van der Waals surface area contributed by atoms with Crippen LogP contribution >= 0.6 is 22.9 Å². The first-order valence-corrected chi connectivity index (χ1v) is 14.3. The van der Waals surface area contributed by atoms with Crippen LogP contribution in [-0.4, -0.2) is 82.3 Å². The molecule has 11 heteroatoms. The van der Waals surface area contributed by atoms with Gasteiger partial charge in [0, 0.05) is 50.6 Å². The van der Waals surface area contributed by atoms with Crippen LogP contribution in [0.4, 0.5) is 0 Å². The molecule has 2 aromatic heterocycles. The summed E-state index contributed by atoms with van der Waals surface area (Å²) in [5.74, 6) is 0.623. The molecule has 2 saturated heterocycles. The summed E-state index contributed by atoms with van der Waals surface area (Å²) in [6.45, 7) is 6.50. The van der Waals surface area contributed by atoms with Gasteiger partial charge in [0.2, 0.25) is 0 Å². The Morgan fingerprint density at radius 2 is 1.62 bits per heavy atom. The molecule has 5 rings (SSSR count). The number of amides is 3. The van der Waals surface area contributed by atoms with E-state index in [0.29, 0.717) is 61.5 Å². The van der Waals surface area contributed by atoms with Gasteiger partial charge >= 0.3 is 0 Å². The number of nitrogens with zero attached hydrogens (tertiary/aromatic N) is 4. The third-order valence-corrected chi connectivity index (χ3v) is 8.49. The first-order valence-electron chi connectivity index (χ1n) is 13.0. The lowest BCUT2D eigenvalue weighted by Crippen LogP contribution is -2.51. The largest absolute Gasteiger partial charge is 0.476 e. The highest BCUT2D eigenvalue weighted by molar-refractivity contribution is 7.09. The molecule has 206 valence electrons. The number of hydrogen-bond acceptors (Lipinski definition) is 7. The van der Waals surface area contributed by atoms with Gasteiger partial charge in [-0.1, -0.05) is 23.7 Å². The number of rotatable bonds is 6. The molecule has 3 aromatic rings. The highest BCUT2D eigenvalue weighted by Crippen LogP contribution is 2.33. The van der Waals surface area contributed by atoms with Gasteiger partial charge in [-0.3, -0.25) is 14.4 Å². The van der Waals surface area contributed by atoms with E-state index in [-0.39, 0.29) is 23.6 Å². The SMILES string of the molecule is CC(C)(Oc1ccccc1Cl)C(=O)N1CCC(c2nc(C(=O)N3CCN(C(=O)c4ccco4)CC3)cs2)CC1. The number of furan rings is 1. The molecule has 9 nitrogen and oxygen atoms in total. The van der Waals surface area contributed by atoms with Crippen molar-refractivity contribution in [2.75, 3.05) is 39.3 Å². The van der Waals surface area contributed by atoms with E-state index in [1.165, 1.54) is 17.6 Å². The van der Waals surface area contributed by atoms with Crippen molar-refractivity contribution in [3.63, 3.8) is 0 Å². The van der Waals surface area contributed by atoms with E-state index in [9.17, 15) is 14.4 Å². The standard InChI is InChI=1S/C28H31ClN4O5S/c1-28(2,38-22-7-4-3-6-20(22)29)27(36)33-11-9-19(10-12-33)24-30-21(18-39-24)25(34)31-13-15-32(16-14-31)26(35)23-8-5-17-37-23/h3-8,17-19H,9-16H2,1-2H3. The molecule has 0 aliphatic carbocycles. The molecule has 0 radical (unpaired) electrons. The minimum atomic E-state index is -1.05. The number of thiazole rings is 1. The van der Waals surface area contributed by atoms with Gasteiger partial charge in [-0.15, -0.1) is 11.3 Å². The molecule has 1 aromatic carbocycles. The van der Waals surface area contributed by atoms with Crippen molar-refractivity contribution < 1.29 is 23.5 Å². The number of piperidine rings is 1. The normalized spacial score (nSPS) is 16.8. The number of ether oxygens (including phenoxy) is 1. The lowest BCUT2D eigenvalue weighted by atomic mass is 9.96. The summed E-state index contributed by atoms with van der Waals surface area (Å²) >= 11 is 7.71. The molecule has 2 aliphatic rings. The first kappa shape index (κ1) is 27.2. The third-order valence-electron chi connectivity index (χ3n) is 7.18. The molecule has 0 spiro atoms. The lowest BCUT2D eigenvalue weighted by Gasteiger charge is -2.36. The van der Waals surface area contributed by atoms with Gasteiger partial charge in [-0.25, -0.2) is 4.98 Å². The number of likely N-dealkylation sites (tertiary alicyclic amines) is 1. The Kier molecular flexibility index (Phi) is 7.95. The average molecular weight is 571 g/mol. The number of aromatic nitrogens is 1. The Morgan fingerprint density at radius 1 is 0.949 bits per heavy atom. The monoisotopic (exact) mass is 570 g/mol. The molecular formula is C28H31ClN4O5S. The van der Waals surface area contributed by atoms with Gasteiger partial charge in [0.05, 0.1) is 16.3 Å². The van der Waals surface area contributed by atoms with Crippen LogP contribution in [0, 0.1) is 0 Å². The highest BCUT2D eigenvalue weighted by Gasteiger charge is 2.37. The van der Waals surface area contributed by atoms with Gasteiger partial charge in [-0.2, -0.15) is 0 Å². The topological polar surface area (TPSA) is 96.2 Å². The van der Waals surface area contributed by atoms with Crippen LogP contribution in [-0.2, 0) is 4.79 Å². The van der Waals surface area contributed by atoms with E-state index < -0.39 is 5.60 Å². The van der Waals surface area contributed by atoms with Crippen molar-refractivity contribution in [3.05, 3.63) is 69.5 Å². The fourth-order valence-corrected chi connectivity index (χ4v) is 6.10. The fourth-order valence-electron chi connectivity index (χ4n) is 4.96. The lowest BCUT2D eigenvalue weighted by molar-refractivity contribution is -0.146. The predicted molar refractivity (Wildman–Crippen MR) is 147 cm³/mol. The van der Waals surface area contributed by atoms with Crippen LogP contribution in [0.2, 0.25) is 5.02 Å². The zero-order valence-corrected chi connectivity index (χ0v) is 23.5. The summed E-state index contributed by atoms with van der Waals surface area (Å²) < 4.78 is 11.2. The van der Waals surface area contributed by atoms with Crippen molar-refractivity contribution in [3.8, 4) is 5.75 Å². The maximum atomic E-state index is 13.2. The number of halogens is 1. The van der Waals surface area contributed by atoms with Crippen molar-refractivity contribution >= 4 is 40.7 Å². The maximum absolute atomic E-state index is 13.2. The van der Waals surface area contributed by atoms with Crippen LogP contribution in [0.3, 0.4) is 0 Å². The Bertz CT molecular complexity index is 1330. The molecule has 3 amide bonds. The van der Waals surface area contributed by atoms with E-state index >= 15 is 0 Å². The molecule has 0 unspecified atom stereocenters. The summed E-state index contributed by atoms with van der Waals surface area (Å²) in [7, 11) is 0. The molecule has 39 heavy (non-hydrogen) atoms. The molecule has 0 N–H and O–H groups in total. The van der Waals surface area contributed by atoms with Crippen LogP contribution in [0.25, 0.3) is 0 Å². The van der Waals surface area contributed by atoms with E-state index in [4.69, 9.17) is 20.8 Å². The minimum Gasteiger partial charge on any atom is -0.476 e. The molecule has 4 heterocycles. The number of carbonyl (C=O) groups excluding carboxylic acids is 3. The molecule has 0 saturated carbocycles. The Labute approximate surface area is 236 Å².